The monoisotopic (exact) mass is 381 g/mol. The van der Waals surface area contributed by atoms with Crippen LogP contribution in [0.25, 0.3) is 0 Å². The van der Waals surface area contributed by atoms with Gasteiger partial charge in [0, 0.05) is 13.1 Å². The van der Waals surface area contributed by atoms with Gasteiger partial charge in [-0.3, -0.25) is 14.5 Å². The molecule has 0 saturated carbocycles. The third-order valence-electron chi connectivity index (χ3n) is 4.08. The van der Waals surface area contributed by atoms with Gasteiger partial charge in [-0.25, -0.2) is 0 Å². The van der Waals surface area contributed by atoms with E-state index in [0.717, 1.165) is 11.1 Å². The fraction of sp³-hybridized carbons (Fsp3) is 0.273. The number of aryl methyl sites for hydroxylation is 1. The van der Waals surface area contributed by atoms with Gasteiger partial charge in [0.1, 0.15) is 5.75 Å². The van der Waals surface area contributed by atoms with E-state index in [1.54, 1.807) is 19.3 Å². The van der Waals surface area contributed by atoms with E-state index in [0.29, 0.717) is 24.5 Å². The summed E-state index contributed by atoms with van der Waals surface area (Å²) in [5.74, 6) is 0.0463. The Kier molecular flexibility index (Phi) is 8.24. The Labute approximate surface area is 166 Å². The molecule has 0 saturated heterocycles. The SMILES string of the molecule is C=CCN(CC(=O)NCC(=O)Nc1cc(C)ccc1OC)Cc1ccccc1. The summed E-state index contributed by atoms with van der Waals surface area (Å²) in [6, 6.07) is 15.4. The Bertz CT molecular complexity index is 806. The Morgan fingerprint density at radius 2 is 1.89 bits per heavy atom. The maximum absolute atomic E-state index is 12.3. The first-order chi connectivity index (χ1) is 13.5. The molecule has 0 atom stereocenters. The summed E-state index contributed by atoms with van der Waals surface area (Å²) in [7, 11) is 1.54. The molecule has 0 aliphatic rings. The summed E-state index contributed by atoms with van der Waals surface area (Å²) < 4.78 is 5.24. The molecule has 0 radical (unpaired) electrons. The normalized spacial score (nSPS) is 10.4. The summed E-state index contributed by atoms with van der Waals surface area (Å²) >= 11 is 0. The van der Waals surface area contributed by atoms with Gasteiger partial charge in [-0.15, -0.1) is 6.58 Å². The lowest BCUT2D eigenvalue weighted by Crippen LogP contribution is -2.40. The molecule has 0 bridgehead atoms. The minimum atomic E-state index is -0.310. The number of amides is 2. The van der Waals surface area contributed by atoms with Crippen LogP contribution in [0, 0.1) is 6.92 Å². The number of nitrogens with zero attached hydrogens (tertiary/aromatic N) is 1. The number of rotatable bonds is 10. The van der Waals surface area contributed by atoms with Crippen molar-refractivity contribution in [2.45, 2.75) is 13.5 Å². The zero-order chi connectivity index (χ0) is 20.4. The van der Waals surface area contributed by atoms with E-state index in [-0.39, 0.29) is 24.9 Å². The van der Waals surface area contributed by atoms with Crippen LogP contribution < -0.4 is 15.4 Å². The first kappa shape index (κ1) is 21.2. The first-order valence-electron chi connectivity index (χ1n) is 9.10. The van der Waals surface area contributed by atoms with Crippen molar-refractivity contribution in [1.29, 1.82) is 0 Å². The van der Waals surface area contributed by atoms with Crippen molar-refractivity contribution < 1.29 is 14.3 Å². The fourth-order valence-electron chi connectivity index (χ4n) is 2.76. The number of hydrogen-bond donors (Lipinski definition) is 2. The molecule has 6 heteroatoms. The van der Waals surface area contributed by atoms with E-state index in [2.05, 4.69) is 17.2 Å². The Balaban J connectivity index is 1.85. The summed E-state index contributed by atoms with van der Waals surface area (Å²) in [5, 5.41) is 5.43. The summed E-state index contributed by atoms with van der Waals surface area (Å²) in [5.41, 5.74) is 2.70. The first-order valence-corrected chi connectivity index (χ1v) is 9.10. The molecule has 0 unspecified atom stereocenters. The molecule has 0 aliphatic carbocycles. The van der Waals surface area contributed by atoms with Gasteiger partial charge < -0.3 is 15.4 Å². The van der Waals surface area contributed by atoms with Gasteiger partial charge in [0.05, 0.1) is 25.9 Å². The third kappa shape index (κ3) is 6.89. The maximum Gasteiger partial charge on any atom is 0.243 e. The molecule has 0 aliphatic heterocycles. The van der Waals surface area contributed by atoms with Crippen LogP contribution in [0.5, 0.6) is 5.75 Å². The predicted octanol–water partition coefficient (Wildman–Crippen LogP) is 2.75. The van der Waals surface area contributed by atoms with E-state index >= 15 is 0 Å². The van der Waals surface area contributed by atoms with Crippen molar-refractivity contribution >= 4 is 17.5 Å². The van der Waals surface area contributed by atoms with Crippen LogP contribution in [0.2, 0.25) is 0 Å². The van der Waals surface area contributed by atoms with Crippen molar-refractivity contribution in [3.05, 3.63) is 72.3 Å². The molecule has 2 amide bonds. The molecule has 2 rings (SSSR count). The average molecular weight is 381 g/mol. The number of carbonyl (C=O) groups is 2. The molecule has 2 aromatic rings. The molecule has 148 valence electrons. The molecule has 2 N–H and O–H groups in total. The number of anilines is 1. The van der Waals surface area contributed by atoms with Gasteiger partial charge in [-0.2, -0.15) is 0 Å². The number of benzene rings is 2. The molecule has 0 fully saturated rings. The van der Waals surface area contributed by atoms with Crippen LogP contribution in [-0.2, 0) is 16.1 Å². The highest BCUT2D eigenvalue weighted by Gasteiger charge is 2.13. The summed E-state index contributed by atoms with van der Waals surface area (Å²) in [6.07, 6.45) is 1.76. The van der Waals surface area contributed by atoms with Crippen molar-refractivity contribution in [1.82, 2.24) is 10.2 Å². The van der Waals surface area contributed by atoms with Gasteiger partial charge in [-0.1, -0.05) is 42.5 Å². The van der Waals surface area contributed by atoms with E-state index in [1.807, 2.05) is 54.3 Å². The summed E-state index contributed by atoms with van der Waals surface area (Å²) in [6.45, 7) is 6.96. The molecule has 0 heterocycles. The number of nitrogens with one attached hydrogen (secondary N) is 2. The van der Waals surface area contributed by atoms with Gasteiger partial charge in [0.25, 0.3) is 0 Å². The van der Waals surface area contributed by atoms with Crippen molar-refractivity contribution in [3.63, 3.8) is 0 Å². The van der Waals surface area contributed by atoms with Gasteiger partial charge in [-0.05, 0) is 30.2 Å². The fourth-order valence-corrected chi connectivity index (χ4v) is 2.76. The second-order valence-corrected chi connectivity index (χ2v) is 6.47. The number of methoxy groups -OCH3 is 1. The maximum atomic E-state index is 12.3. The summed E-state index contributed by atoms with van der Waals surface area (Å²) in [4.78, 5) is 26.4. The van der Waals surface area contributed by atoms with Crippen LogP contribution in [-0.4, -0.2) is 43.5 Å². The smallest absolute Gasteiger partial charge is 0.243 e. The minimum absolute atomic E-state index is 0.108. The van der Waals surface area contributed by atoms with E-state index in [4.69, 9.17) is 4.74 Å². The molecule has 28 heavy (non-hydrogen) atoms. The van der Waals surface area contributed by atoms with Crippen molar-refractivity contribution in [3.8, 4) is 5.75 Å². The number of ether oxygens (including phenoxy) is 1. The predicted molar refractivity (Wildman–Crippen MR) is 111 cm³/mol. The second-order valence-electron chi connectivity index (χ2n) is 6.47. The van der Waals surface area contributed by atoms with Crippen LogP contribution >= 0.6 is 0 Å². The van der Waals surface area contributed by atoms with E-state index < -0.39 is 0 Å². The number of hydrogen-bond acceptors (Lipinski definition) is 4. The van der Waals surface area contributed by atoms with E-state index in [9.17, 15) is 9.59 Å². The van der Waals surface area contributed by atoms with Crippen molar-refractivity contribution in [2.75, 3.05) is 32.1 Å². The molecular weight excluding hydrogens is 354 g/mol. The van der Waals surface area contributed by atoms with Crippen LogP contribution in [0.4, 0.5) is 5.69 Å². The average Bonchev–Trinajstić information content (AvgIpc) is 2.67. The van der Waals surface area contributed by atoms with Crippen molar-refractivity contribution in [2.24, 2.45) is 0 Å². The molecule has 0 aromatic heterocycles. The standard InChI is InChI=1S/C22H27N3O3/c1-4-12-25(15-18-8-6-5-7-9-18)16-22(27)23-14-21(26)24-19-13-17(2)10-11-20(19)28-3/h4-11,13H,1,12,14-16H2,2-3H3,(H,23,27)(H,24,26). The zero-order valence-corrected chi connectivity index (χ0v) is 16.4. The highest BCUT2D eigenvalue weighted by atomic mass is 16.5. The second kappa shape index (κ2) is 10.9. The lowest BCUT2D eigenvalue weighted by Gasteiger charge is -2.20. The largest absolute Gasteiger partial charge is 0.495 e. The van der Waals surface area contributed by atoms with Gasteiger partial charge in [0.2, 0.25) is 11.8 Å². The Morgan fingerprint density at radius 1 is 1.14 bits per heavy atom. The molecule has 6 nitrogen and oxygen atoms in total. The van der Waals surface area contributed by atoms with E-state index in [1.165, 1.54) is 0 Å². The lowest BCUT2D eigenvalue weighted by molar-refractivity contribution is -0.125. The van der Waals surface area contributed by atoms with Crippen LogP contribution in [0.15, 0.2) is 61.2 Å². The number of carbonyl (C=O) groups excluding carboxylic acids is 2. The lowest BCUT2D eigenvalue weighted by atomic mass is 10.2. The molecule has 0 spiro atoms. The Hall–Kier alpha value is -3.12. The highest BCUT2D eigenvalue weighted by molar-refractivity contribution is 5.96. The Morgan fingerprint density at radius 3 is 2.57 bits per heavy atom. The van der Waals surface area contributed by atoms with Crippen LogP contribution in [0.3, 0.4) is 0 Å². The quantitative estimate of drug-likeness (QED) is 0.621. The zero-order valence-electron chi connectivity index (χ0n) is 16.4. The van der Waals surface area contributed by atoms with Gasteiger partial charge >= 0.3 is 0 Å². The topological polar surface area (TPSA) is 70.7 Å². The minimum Gasteiger partial charge on any atom is -0.495 e. The molecule has 2 aromatic carbocycles. The van der Waals surface area contributed by atoms with Crippen LogP contribution in [0.1, 0.15) is 11.1 Å². The van der Waals surface area contributed by atoms with Gasteiger partial charge in [0.15, 0.2) is 0 Å². The molecular formula is C22H27N3O3. The third-order valence-corrected chi connectivity index (χ3v) is 4.08. The highest BCUT2D eigenvalue weighted by Crippen LogP contribution is 2.24.